The van der Waals surface area contributed by atoms with Crippen LogP contribution in [0.3, 0.4) is 0 Å². The Kier molecular flexibility index (Phi) is 2.04. The number of rotatable bonds is 0. The molecule has 50 valence electrons. The van der Waals surface area contributed by atoms with E-state index < -0.39 is 0 Å². The lowest BCUT2D eigenvalue weighted by Gasteiger charge is -2.15. The molecule has 0 bridgehead atoms. The Morgan fingerprint density at radius 2 is 2.33 bits per heavy atom. The number of allylic oxidation sites excluding steroid dienone is 2. The zero-order chi connectivity index (χ0) is 6.85. The van der Waals surface area contributed by atoms with Crippen molar-refractivity contribution < 1.29 is 0 Å². The lowest BCUT2D eigenvalue weighted by atomic mass is 10.2. The predicted molar refractivity (Wildman–Crippen MR) is 40.5 cm³/mol. The number of halogens is 2. The van der Waals surface area contributed by atoms with Gasteiger partial charge in [-0.3, -0.25) is 0 Å². The second-order valence-electron chi connectivity index (χ2n) is 1.89. The smallest absolute Gasteiger partial charge is 0.124 e. The van der Waals surface area contributed by atoms with E-state index in [0.717, 1.165) is 10.6 Å². The van der Waals surface area contributed by atoms with Crippen LogP contribution in [-0.4, -0.2) is 5.50 Å². The van der Waals surface area contributed by atoms with E-state index in [1.165, 1.54) is 0 Å². The van der Waals surface area contributed by atoms with Gasteiger partial charge in [-0.05, 0) is 24.8 Å². The summed E-state index contributed by atoms with van der Waals surface area (Å²) in [6, 6.07) is 0. The van der Waals surface area contributed by atoms with Gasteiger partial charge < -0.3 is 5.32 Å². The Morgan fingerprint density at radius 1 is 1.67 bits per heavy atom. The lowest BCUT2D eigenvalue weighted by Crippen LogP contribution is -2.21. The molecule has 0 aromatic heterocycles. The number of hydrogen-bond acceptors (Lipinski definition) is 1. The maximum absolute atomic E-state index is 5.76. The second kappa shape index (κ2) is 2.63. The quantitative estimate of drug-likeness (QED) is 0.427. The Morgan fingerprint density at radius 3 is 2.78 bits per heavy atom. The summed E-state index contributed by atoms with van der Waals surface area (Å²) < 4.78 is 0. The van der Waals surface area contributed by atoms with Crippen LogP contribution in [0, 0.1) is 0 Å². The number of hydrogen-bond donors (Lipinski definition) is 1. The predicted octanol–water partition coefficient (Wildman–Crippen LogP) is 2.18. The minimum absolute atomic E-state index is 0.137. The molecule has 1 atom stereocenters. The minimum Gasteiger partial charge on any atom is -0.372 e. The van der Waals surface area contributed by atoms with Gasteiger partial charge in [-0.1, -0.05) is 23.2 Å². The largest absolute Gasteiger partial charge is 0.372 e. The van der Waals surface area contributed by atoms with Gasteiger partial charge in [0.2, 0.25) is 0 Å². The number of dihydropyridines is 1. The Hall–Kier alpha value is -0.140. The molecule has 1 unspecified atom stereocenters. The van der Waals surface area contributed by atoms with Crippen LogP contribution in [0.25, 0.3) is 0 Å². The number of alkyl halides is 1. The van der Waals surface area contributed by atoms with Gasteiger partial charge in [0, 0.05) is 5.03 Å². The minimum atomic E-state index is -0.137. The Bertz CT molecular complexity index is 172. The molecule has 0 fully saturated rings. The molecule has 1 nitrogen and oxygen atoms in total. The molecule has 1 aliphatic rings. The van der Waals surface area contributed by atoms with Gasteiger partial charge in [0.1, 0.15) is 5.50 Å². The van der Waals surface area contributed by atoms with E-state index >= 15 is 0 Å². The van der Waals surface area contributed by atoms with E-state index in [4.69, 9.17) is 23.2 Å². The summed E-state index contributed by atoms with van der Waals surface area (Å²) in [5.41, 5.74) is 0.836. The standard InChI is InChI=1S/C6H7Cl2N/c1-4-5(7)2-3-9-6(4)8/h2-3,6,9H,1H3. The third kappa shape index (κ3) is 1.41. The van der Waals surface area contributed by atoms with Crippen LogP contribution in [0.4, 0.5) is 0 Å². The zero-order valence-corrected chi connectivity index (χ0v) is 6.50. The normalized spacial score (nSPS) is 26.3. The third-order valence-corrected chi connectivity index (χ3v) is 2.11. The maximum atomic E-state index is 5.76. The van der Waals surface area contributed by atoms with Crippen LogP contribution in [0.1, 0.15) is 6.92 Å². The molecule has 0 saturated carbocycles. The molecule has 0 aromatic carbocycles. The van der Waals surface area contributed by atoms with Gasteiger partial charge in [-0.2, -0.15) is 0 Å². The molecule has 0 aromatic rings. The van der Waals surface area contributed by atoms with Crippen molar-refractivity contribution in [1.29, 1.82) is 0 Å². The van der Waals surface area contributed by atoms with Crippen molar-refractivity contribution in [2.75, 3.05) is 0 Å². The first-order valence-corrected chi connectivity index (χ1v) is 3.46. The average Bonchev–Trinajstić information content (AvgIpc) is 1.83. The van der Waals surface area contributed by atoms with Gasteiger partial charge in [0.05, 0.1) is 0 Å². The second-order valence-corrected chi connectivity index (χ2v) is 2.74. The molecule has 3 heteroatoms. The van der Waals surface area contributed by atoms with Crippen LogP contribution < -0.4 is 5.32 Å². The van der Waals surface area contributed by atoms with Gasteiger partial charge in [-0.15, -0.1) is 0 Å². The van der Waals surface area contributed by atoms with Crippen LogP contribution in [0.15, 0.2) is 22.9 Å². The van der Waals surface area contributed by atoms with Gasteiger partial charge in [0.25, 0.3) is 0 Å². The molecular formula is C6H7Cl2N. The van der Waals surface area contributed by atoms with Gasteiger partial charge in [-0.25, -0.2) is 0 Å². The van der Waals surface area contributed by atoms with Gasteiger partial charge >= 0.3 is 0 Å². The zero-order valence-electron chi connectivity index (χ0n) is 4.99. The highest BCUT2D eigenvalue weighted by atomic mass is 35.5. The van der Waals surface area contributed by atoms with E-state index in [2.05, 4.69) is 5.32 Å². The molecule has 0 spiro atoms. The molecule has 1 heterocycles. The molecule has 0 amide bonds. The van der Waals surface area contributed by atoms with E-state index in [-0.39, 0.29) is 5.50 Å². The van der Waals surface area contributed by atoms with Gasteiger partial charge in [0.15, 0.2) is 0 Å². The summed E-state index contributed by atoms with van der Waals surface area (Å²) >= 11 is 11.5. The molecule has 0 radical (unpaired) electrons. The maximum Gasteiger partial charge on any atom is 0.124 e. The van der Waals surface area contributed by atoms with Crippen molar-refractivity contribution in [3.8, 4) is 0 Å². The van der Waals surface area contributed by atoms with Crippen molar-refractivity contribution >= 4 is 23.2 Å². The summed E-state index contributed by atoms with van der Waals surface area (Å²) in [6.45, 7) is 1.90. The molecule has 1 N–H and O–H groups in total. The molecule has 1 aliphatic heterocycles. The number of nitrogens with one attached hydrogen (secondary N) is 1. The highest BCUT2D eigenvalue weighted by Crippen LogP contribution is 2.19. The monoisotopic (exact) mass is 163 g/mol. The Labute approximate surface area is 64.3 Å². The van der Waals surface area contributed by atoms with Crippen LogP contribution in [-0.2, 0) is 0 Å². The highest BCUT2D eigenvalue weighted by Gasteiger charge is 2.09. The fourth-order valence-corrected chi connectivity index (χ4v) is 1.00. The first-order valence-electron chi connectivity index (χ1n) is 2.65. The van der Waals surface area contributed by atoms with E-state index in [1.807, 2.05) is 6.92 Å². The molecule has 0 saturated heterocycles. The van der Waals surface area contributed by atoms with Crippen molar-refractivity contribution in [2.24, 2.45) is 0 Å². The van der Waals surface area contributed by atoms with Crippen LogP contribution in [0.5, 0.6) is 0 Å². The summed E-state index contributed by atoms with van der Waals surface area (Å²) in [5.74, 6) is 0. The van der Waals surface area contributed by atoms with E-state index in [0.29, 0.717) is 0 Å². The molecule has 9 heavy (non-hydrogen) atoms. The van der Waals surface area contributed by atoms with Crippen molar-refractivity contribution in [2.45, 2.75) is 12.4 Å². The topological polar surface area (TPSA) is 12.0 Å². The van der Waals surface area contributed by atoms with Crippen LogP contribution >= 0.6 is 23.2 Å². The van der Waals surface area contributed by atoms with Crippen LogP contribution in [0.2, 0.25) is 0 Å². The first-order chi connectivity index (χ1) is 4.22. The van der Waals surface area contributed by atoms with Crippen molar-refractivity contribution in [3.05, 3.63) is 22.9 Å². The molecule has 1 rings (SSSR count). The highest BCUT2D eigenvalue weighted by molar-refractivity contribution is 6.33. The average molecular weight is 164 g/mol. The fraction of sp³-hybridized carbons (Fsp3) is 0.333. The summed E-state index contributed by atoms with van der Waals surface area (Å²) in [6.07, 6.45) is 3.53. The molecule has 0 aliphatic carbocycles. The van der Waals surface area contributed by atoms with E-state index in [1.54, 1.807) is 12.3 Å². The lowest BCUT2D eigenvalue weighted by molar-refractivity contribution is 0.848. The first kappa shape index (κ1) is 6.97. The summed E-state index contributed by atoms with van der Waals surface area (Å²) in [4.78, 5) is 0. The summed E-state index contributed by atoms with van der Waals surface area (Å²) in [5, 5.41) is 3.64. The molecular weight excluding hydrogens is 157 g/mol. The van der Waals surface area contributed by atoms with Crippen molar-refractivity contribution in [3.63, 3.8) is 0 Å². The Balaban J connectivity index is 2.83. The van der Waals surface area contributed by atoms with E-state index in [9.17, 15) is 0 Å². The third-order valence-electron chi connectivity index (χ3n) is 1.23. The van der Waals surface area contributed by atoms with Crippen molar-refractivity contribution in [1.82, 2.24) is 5.32 Å². The fourth-order valence-electron chi connectivity index (χ4n) is 0.583. The summed E-state index contributed by atoms with van der Waals surface area (Å²) in [7, 11) is 0. The SMILES string of the molecule is CC1=C(Cl)C=CNC1Cl.